The minimum Gasteiger partial charge on any atom is -0.493 e. The van der Waals surface area contributed by atoms with Gasteiger partial charge in [-0.25, -0.2) is 0 Å². The molecule has 1 fully saturated rings. The van der Waals surface area contributed by atoms with E-state index in [1.807, 2.05) is 6.07 Å². The van der Waals surface area contributed by atoms with Crippen LogP contribution in [0.25, 0.3) is 0 Å². The van der Waals surface area contributed by atoms with E-state index in [4.69, 9.17) is 25.9 Å². The number of nitrogens with one attached hydrogen (secondary N) is 1. The molecule has 2 rings (SSSR count). The lowest BCUT2D eigenvalue weighted by Crippen LogP contribution is -2.51. The first-order chi connectivity index (χ1) is 9.13. The lowest BCUT2D eigenvalue weighted by molar-refractivity contribution is 0.0347. The summed E-state index contributed by atoms with van der Waals surface area (Å²) in [7, 11) is 5.24. The van der Waals surface area contributed by atoms with Gasteiger partial charge in [0.15, 0.2) is 11.5 Å². The van der Waals surface area contributed by atoms with Gasteiger partial charge in [0.05, 0.1) is 14.2 Å². The molecule has 6 heteroatoms. The second-order valence-corrected chi connectivity index (χ2v) is 5.02. The number of halogens is 1. The SMILES string of the molecule is CONCc1cc(Cl)cc(OC)c1OC1CN(C)C1. The van der Waals surface area contributed by atoms with E-state index in [1.54, 1.807) is 20.3 Å². The molecule has 1 aromatic carbocycles. The van der Waals surface area contributed by atoms with E-state index in [0.29, 0.717) is 17.3 Å². The monoisotopic (exact) mass is 286 g/mol. The van der Waals surface area contributed by atoms with Crippen LogP contribution in [-0.2, 0) is 11.4 Å². The molecule has 1 saturated heterocycles. The quantitative estimate of drug-likeness (QED) is 0.806. The third-order valence-corrected chi connectivity index (χ3v) is 3.26. The summed E-state index contributed by atoms with van der Waals surface area (Å²) in [5.74, 6) is 1.38. The van der Waals surface area contributed by atoms with Gasteiger partial charge in [0, 0.05) is 36.3 Å². The number of ether oxygens (including phenoxy) is 2. The average Bonchev–Trinajstić information content (AvgIpc) is 2.36. The van der Waals surface area contributed by atoms with Crippen LogP contribution in [0.5, 0.6) is 11.5 Å². The Hall–Kier alpha value is -1.01. The normalized spacial score (nSPS) is 16.2. The first-order valence-electron chi connectivity index (χ1n) is 6.11. The number of likely N-dealkylation sites (tertiary alicyclic amines) is 1. The fourth-order valence-electron chi connectivity index (χ4n) is 2.07. The minimum absolute atomic E-state index is 0.196. The molecule has 1 aromatic rings. The molecule has 5 nitrogen and oxygen atoms in total. The molecule has 0 bridgehead atoms. The molecule has 0 radical (unpaired) electrons. The smallest absolute Gasteiger partial charge is 0.166 e. The van der Waals surface area contributed by atoms with E-state index >= 15 is 0 Å². The summed E-state index contributed by atoms with van der Waals surface area (Å²) < 4.78 is 11.4. The van der Waals surface area contributed by atoms with Gasteiger partial charge >= 0.3 is 0 Å². The van der Waals surface area contributed by atoms with Crippen molar-refractivity contribution in [3.8, 4) is 11.5 Å². The van der Waals surface area contributed by atoms with Gasteiger partial charge in [0.25, 0.3) is 0 Å². The average molecular weight is 287 g/mol. The van der Waals surface area contributed by atoms with Gasteiger partial charge in [0.1, 0.15) is 6.10 Å². The second kappa shape index (κ2) is 6.43. The number of hydrogen-bond donors (Lipinski definition) is 1. The zero-order valence-electron chi connectivity index (χ0n) is 11.4. The fraction of sp³-hybridized carbons (Fsp3) is 0.538. The van der Waals surface area contributed by atoms with Crippen LogP contribution in [0.15, 0.2) is 12.1 Å². The molecule has 106 valence electrons. The number of likely N-dealkylation sites (N-methyl/N-ethyl adjacent to an activating group) is 1. The van der Waals surface area contributed by atoms with E-state index < -0.39 is 0 Å². The third kappa shape index (κ3) is 3.51. The lowest BCUT2D eigenvalue weighted by atomic mass is 10.1. The minimum atomic E-state index is 0.196. The molecule has 0 saturated carbocycles. The number of hydroxylamine groups is 1. The lowest BCUT2D eigenvalue weighted by Gasteiger charge is -2.36. The maximum atomic E-state index is 6.07. The molecule has 0 aromatic heterocycles. The standard InChI is InChI=1S/C13H19ClN2O3/c1-16-7-11(8-16)19-13-9(6-15-18-3)4-10(14)5-12(13)17-2/h4-5,11,15H,6-8H2,1-3H3. The summed E-state index contributed by atoms with van der Waals surface area (Å²) in [6.45, 7) is 2.34. The Morgan fingerprint density at radius 1 is 1.37 bits per heavy atom. The van der Waals surface area contributed by atoms with Crippen molar-refractivity contribution in [2.75, 3.05) is 34.4 Å². The van der Waals surface area contributed by atoms with Crippen molar-refractivity contribution in [3.63, 3.8) is 0 Å². The molecule has 1 N–H and O–H groups in total. The number of benzene rings is 1. The zero-order valence-corrected chi connectivity index (χ0v) is 12.2. The number of methoxy groups -OCH3 is 1. The highest BCUT2D eigenvalue weighted by Gasteiger charge is 2.27. The molecule has 0 unspecified atom stereocenters. The Kier molecular flexibility index (Phi) is 4.87. The third-order valence-electron chi connectivity index (χ3n) is 3.04. The maximum absolute atomic E-state index is 6.07. The maximum Gasteiger partial charge on any atom is 0.166 e. The first kappa shape index (κ1) is 14.4. The van der Waals surface area contributed by atoms with Crippen molar-refractivity contribution in [1.82, 2.24) is 10.4 Å². The van der Waals surface area contributed by atoms with Gasteiger partial charge in [-0.15, -0.1) is 0 Å². The van der Waals surface area contributed by atoms with Crippen molar-refractivity contribution in [2.24, 2.45) is 0 Å². The molecule has 1 heterocycles. The van der Waals surface area contributed by atoms with Crippen LogP contribution in [0.1, 0.15) is 5.56 Å². The Balaban J connectivity index is 2.20. The summed E-state index contributed by atoms with van der Waals surface area (Å²) in [6.07, 6.45) is 0.196. The summed E-state index contributed by atoms with van der Waals surface area (Å²) >= 11 is 6.07. The summed E-state index contributed by atoms with van der Waals surface area (Å²) in [4.78, 5) is 7.07. The number of rotatable bonds is 6. The predicted molar refractivity (Wildman–Crippen MR) is 73.8 cm³/mol. The second-order valence-electron chi connectivity index (χ2n) is 4.58. The summed E-state index contributed by atoms with van der Waals surface area (Å²) in [5.41, 5.74) is 3.71. The molecule has 1 aliphatic heterocycles. The molecule has 0 aliphatic carbocycles. The van der Waals surface area contributed by atoms with Gasteiger partial charge < -0.3 is 14.3 Å². The Labute approximate surface area is 118 Å². The van der Waals surface area contributed by atoms with Gasteiger partial charge in [-0.2, -0.15) is 5.48 Å². The van der Waals surface area contributed by atoms with Crippen LogP contribution >= 0.6 is 11.6 Å². The molecule has 0 spiro atoms. The van der Waals surface area contributed by atoms with Crippen LogP contribution in [0.3, 0.4) is 0 Å². The van der Waals surface area contributed by atoms with Crippen molar-refractivity contribution < 1.29 is 14.3 Å². The van der Waals surface area contributed by atoms with E-state index in [9.17, 15) is 0 Å². The van der Waals surface area contributed by atoms with E-state index in [2.05, 4.69) is 17.4 Å². The zero-order chi connectivity index (χ0) is 13.8. The van der Waals surface area contributed by atoms with Crippen LogP contribution in [0.4, 0.5) is 0 Å². The molecule has 1 aliphatic rings. The van der Waals surface area contributed by atoms with Crippen molar-refractivity contribution in [1.29, 1.82) is 0 Å². The number of hydrogen-bond acceptors (Lipinski definition) is 5. The largest absolute Gasteiger partial charge is 0.493 e. The van der Waals surface area contributed by atoms with Crippen LogP contribution in [0, 0.1) is 0 Å². The molecule has 19 heavy (non-hydrogen) atoms. The Morgan fingerprint density at radius 2 is 2.11 bits per heavy atom. The van der Waals surface area contributed by atoms with Crippen molar-refractivity contribution in [2.45, 2.75) is 12.6 Å². The predicted octanol–water partition coefficient (Wildman–Crippen LogP) is 1.69. The highest BCUT2D eigenvalue weighted by atomic mass is 35.5. The van der Waals surface area contributed by atoms with Crippen molar-refractivity contribution >= 4 is 11.6 Å². The van der Waals surface area contributed by atoms with E-state index in [0.717, 1.165) is 24.4 Å². The Bertz CT molecular complexity index is 436. The molecule has 0 amide bonds. The number of nitrogens with zero attached hydrogens (tertiary/aromatic N) is 1. The van der Waals surface area contributed by atoms with Crippen molar-refractivity contribution in [3.05, 3.63) is 22.7 Å². The van der Waals surface area contributed by atoms with Gasteiger partial charge in [-0.3, -0.25) is 4.90 Å². The van der Waals surface area contributed by atoms with Gasteiger partial charge in [0.2, 0.25) is 0 Å². The summed E-state index contributed by atoms with van der Waals surface area (Å²) in [5, 5.41) is 0.614. The van der Waals surface area contributed by atoms with Crippen LogP contribution in [-0.4, -0.2) is 45.4 Å². The highest BCUT2D eigenvalue weighted by Crippen LogP contribution is 2.36. The van der Waals surface area contributed by atoms with Crippen LogP contribution < -0.4 is 15.0 Å². The Morgan fingerprint density at radius 3 is 2.68 bits per heavy atom. The fourth-order valence-corrected chi connectivity index (χ4v) is 2.30. The highest BCUT2D eigenvalue weighted by molar-refractivity contribution is 6.30. The van der Waals surface area contributed by atoms with E-state index in [-0.39, 0.29) is 6.10 Å². The molecular weight excluding hydrogens is 268 g/mol. The summed E-state index contributed by atoms with van der Waals surface area (Å²) in [6, 6.07) is 3.61. The van der Waals surface area contributed by atoms with Crippen LogP contribution in [0.2, 0.25) is 5.02 Å². The van der Waals surface area contributed by atoms with E-state index in [1.165, 1.54) is 0 Å². The van der Waals surface area contributed by atoms with Gasteiger partial charge in [-0.1, -0.05) is 11.6 Å². The first-order valence-corrected chi connectivity index (χ1v) is 6.49. The van der Waals surface area contributed by atoms with Gasteiger partial charge in [-0.05, 0) is 13.1 Å². The topological polar surface area (TPSA) is 43.0 Å². The molecular formula is C13H19ClN2O3. The molecule has 0 atom stereocenters.